The third-order valence-corrected chi connectivity index (χ3v) is 20.5. The maximum absolute atomic E-state index is 12.7. The van der Waals surface area contributed by atoms with Gasteiger partial charge in [-0.1, -0.05) is 126 Å². The van der Waals surface area contributed by atoms with E-state index in [9.17, 15) is 62.3 Å². The number of carbonyl (C=O) groups excluding carboxylic acids is 13. The van der Waals surface area contributed by atoms with Gasteiger partial charge in [-0.15, -0.1) is 0 Å². The van der Waals surface area contributed by atoms with Crippen molar-refractivity contribution in [1.82, 2.24) is 19.6 Å². The van der Waals surface area contributed by atoms with Crippen molar-refractivity contribution in [2.75, 3.05) is 66.8 Å². The maximum atomic E-state index is 12.7. The second-order valence-corrected chi connectivity index (χ2v) is 27.0. The van der Waals surface area contributed by atoms with E-state index in [2.05, 4.69) is 16.1 Å². The monoisotopic (exact) mass is 1670 g/mol. The number of halogens is 4. The first-order valence-electron chi connectivity index (χ1n) is 34.6. The normalized spacial score (nSPS) is 13.7. The SMILES string of the molecule is C=CC(=O)OCCN1C(=O)c2cccc3c(OC)ccc(c23)C1=O.COc1ccc2c3c(cccc13)C(=O)N(CCO)C2=O.O=C1OC(=O)c2ccc(Cl)c3cccc1c23.O=C1OC(=O)c2ccc(Cl)c3cccc1c23.O=C1c2cccc3c(Cl)ccc(c23)C(=O)N1CCO.O=C1c2cccc3c(Cl)ccc(c23)C(=O)N1CCO.[K+].[OH-]. The smallest absolute Gasteiger partial charge is 0.870 e. The van der Waals surface area contributed by atoms with Crippen molar-refractivity contribution >= 4 is 188 Å². The number of hydrogen-bond donors (Lipinski definition) is 3. The van der Waals surface area contributed by atoms with Crippen LogP contribution in [0.3, 0.4) is 0 Å². The van der Waals surface area contributed by atoms with E-state index in [0.717, 1.165) is 31.1 Å². The van der Waals surface area contributed by atoms with Crippen molar-refractivity contribution in [3.8, 4) is 11.5 Å². The Hall–Kier alpha value is -11.5. The van der Waals surface area contributed by atoms with Crippen LogP contribution in [0.2, 0.25) is 20.1 Å². The maximum Gasteiger partial charge on any atom is 1.00 e. The minimum atomic E-state index is -0.620. The van der Waals surface area contributed by atoms with Gasteiger partial charge in [-0.3, -0.25) is 58.0 Å². The molecule has 12 aromatic carbocycles. The van der Waals surface area contributed by atoms with E-state index in [4.69, 9.17) is 75.9 Å². The van der Waals surface area contributed by atoms with Gasteiger partial charge in [-0.2, -0.15) is 0 Å². The molecule has 31 heteroatoms. The molecule has 0 fully saturated rings. The van der Waals surface area contributed by atoms with E-state index >= 15 is 0 Å². The number of esters is 5. The van der Waals surface area contributed by atoms with Gasteiger partial charge in [0.15, 0.2) is 0 Å². The summed E-state index contributed by atoms with van der Waals surface area (Å²) < 4.78 is 24.7. The van der Waals surface area contributed by atoms with E-state index in [1.54, 1.807) is 177 Å². The molecule has 8 amide bonds. The number of β-amino-alcohol motifs (C(OH)–C–C–N with tert-alkyl or cyclic N) is 3. The first kappa shape index (κ1) is 85.4. The molecule has 18 rings (SSSR count). The number of aliphatic hydroxyl groups excluding tert-OH is 3. The molecule has 0 saturated carbocycles. The second-order valence-electron chi connectivity index (χ2n) is 25.3. The molecular weight excluding hydrogens is 1610 g/mol. The fraction of sp³-hybridized carbons (Fsp3) is 0.118. The van der Waals surface area contributed by atoms with Crippen LogP contribution in [0, 0.1) is 0 Å². The molecule has 0 spiro atoms. The largest absolute Gasteiger partial charge is 1.00 e. The third-order valence-electron chi connectivity index (χ3n) is 19.1. The zero-order valence-corrected chi connectivity index (χ0v) is 67.3. The van der Waals surface area contributed by atoms with Crippen molar-refractivity contribution in [2.45, 2.75) is 0 Å². The van der Waals surface area contributed by atoms with Crippen LogP contribution in [0.25, 0.3) is 64.6 Å². The van der Waals surface area contributed by atoms with Gasteiger partial charge >= 0.3 is 81.2 Å². The predicted molar refractivity (Wildman–Crippen MR) is 422 cm³/mol. The summed E-state index contributed by atoms with van der Waals surface area (Å²) in [5.41, 5.74) is 5.10. The molecule has 0 atom stereocenters. The number of nitrogens with zero attached hydrogens (tertiary/aromatic N) is 4. The average molecular weight is 1670 g/mol. The Morgan fingerprint density at radius 1 is 0.336 bits per heavy atom. The Balaban J connectivity index is 0.000000137. The van der Waals surface area contributed by atoms with Crippen LogP contribution in [0.4, 0.5) is 0 Å². The molecule has 0 radical (unpaired) electrons. The number of aliphatic hydroxyl groups is 3. The third kappa shape index (κ3) is 15.7. The molecular formula is C85H59Cl4KN4O22. The zero-order valence-electron chi connectivity index (χ0n) is 61.2. The Morgan fingerprint density at radius 3 is 0.819 bits per heavy atom. The van der Waals surface area contributed by atoms with Gasteiger partial charge in [0.25, 0.3) is 47.3 Å². The Bertz CT molecular complexity index is 5890. The van der Waals surface area contributed by atoms with Crippen LogP contribution in [-0.4, -0.2) is 184 Å². The summed E-state index contributed by atoms with van der Waals surface area (Å²) in [6.07, 6.45) is 1.03. The minimum Gasteiger partial charge on any atom is -0.870 e. The molecule has 580 valence electrons. The number of hydrogen-bond acceptors (Lipinski definition) is 22. The quantitative estimate of drug-likeness (QED) is 0.0255. The molecule has 26 nitrogen and oxygen atoms in total. The van der Waals surface area contributed by atoms with Gasteiger partial charge in [-0.25, -0.2) is 24.0 Å². The molecule has 6 aliphatic heterocycles. The van der Waals surface area contributed by atoms with Crippen molar-refractivity contribution < 1.29 is 158 Å². The number of cyclic esters (lactones) is 4. The van der Waals surface area contributed by atoms with Gasteiger partial charge in [-0.05, 0) is 109 Å². The van der Waals surface area contributed by atoms with Crippen molar-refractivity contribution in [1.29, 1.82) is 0 Å². The van der Waals surface area contributed by atoms with Crippen molar-refractivity contribution in [3.05, 3.63) is 281 Å². The van der Waals surface area contributed by atoms with E-state index in [0.29, 0.717) is 158 Å². The number of benzene rings is 12. The topological polar surface area (TPSA) is 372 Å². The van der Waals surface area contributed by atoms with Crippen LogP contribution >= 0.6 is 46.4 Å². The molecule has 116 heavy (non-hydrogen) atoms. The molecule has 4 N–H and O–H groups in total. The predicted octanol–water partition coefficient (Wildman–Crippen LogP) is 10.2. The molecule has 0 saturated heterocycles. The molecule has 12 aromatic rings. The van der Waals surface area contributed by atoms with E-state index in [-0.39, 0.29) is 145 Å². The van der Waals surface area contributed by atoms with E-state index in [1.807, 2.05) is 12.1 Å². The van der Waals surface area contributed by atoms with Gasteiger partial charge in [0, 0.05) is 135 Å². The molecule has 0 aromatic heterocycles. The van der Waals surface area contributed by atoms with Crippen molar-refractivity contribution in [2.24, 2.45) is 0 Å². The summed E-state index contributed by atoms with van der Waals surface area (Å²) in [6.45, 7) is 2.43. The summed E-state index contributed by atoms with van der Waals surface area (Å²) >= 11 is 24.2. The van der Waals surface area contributed by atoms with Crippen LogP contribution in [0.15, 0.2) is 195 Å². The molecule has 0 aliphatic carbocycles. The number of ether oxygens (including phenoxy) is 5. The first-order valence-corrected chi connectivity index (χ1v) is 36.1. The number of amides is 8. The summed E-state index contributed by atoms with van der Waals surface area (Å²) in [7, 11) is 3.09. The van der Waals surface area contributed by atoms with Crippen LogP contribution in [-0.2, 0) is 19.0 Å². The number of rotatable bonds is 12. The van der Waals surface area contributed by atoms with Gasteiger partial charge < -0.3 is 44.5 Å². The molecule has 0 bridgehead atoms. The summed E-state index contributed by atoms with van der Waals surface area (Å²) in [4.78, 5) is 161. The summed E-state index contributed by atoms with van der Waals surface area (Å²) in [5.74, 6) is -5.00. The van der Waals surface area contributed by atoms with E-state index < -0.39 is 41.7 Å². The fourth-order valence-electron chi connectivity index (χ4n) is 14.0. The van der Waals surface area contributed by atoms with Gasteiger partial charge in [0.05, 0.1) is 82.5 Å². The molecule has 6 aliphatic rings. The molecule has 0 unspecified atom stereocenters. The number of carbonyl (C=O) groups is 13. The van der Waals surface area contributed by atoms with Crippen LogP contribution < -0.4 is 60.9 Å². The van der Waals surface area contributed by atoms with E-state index in [1.165, 1.54) is 7.11 Å². The number of imide groups is 4. The second kappa shape index (κ2) is 36.1. The average Bonchev–Trinajstić information content (AvgIpc) is 0.763. The molecule has 6 heterocycles. The Kier molecular flexibility index (Phi) is 26.6. The fourth-order valence-corrected chi connectivity index (χ4v) is 14.9. The summed E-state index contributed by atoms with van der Waals surface area (Å²) in [6, 6.07) is 50.7. The van der Waals surface area contributed by atoms with Crippen molar-refractivity contribution in [3.63, 3.8) is 0 Å². The van der Waals surface area contributed by atoms with Crippen LogP contribution in [0.5, 0.6) is 11.5 Å². The first-order chi connectivity index (χ1) is 54.9. The van der Waals surface area contributed by atoms with Gasteiger partial charge in [0.2, 0.25) is 0 Å². The van der Waals surface area contributed by atoms with Crippen LogP contribution in [0.1, 0.15) is 124 Å². The Labute approximate surface area is 719 Å². The summed E-state index contributed by atoms with van der Waals surface area (Å²) in [5, 5.41) is 36.8. The minimum absolute atomic E-state index is 0. The zero-order chi connectivity index (χ0) is 81.2. The Morgan fingerprint density at radius 2 is 0.552 bits per heavy atom. The standard InChI is InChI=1S/C18H15NO5.C15H13NO4.2C14H10ClNO3.2C12H5ClO3.K.H2O/c1-3-15(20)24-10-9-19-17(21)12-6-4-5-11-14(23-2)8-7-13(16(11)12)18(19)22;1-20-12-6-5-11-13-9(12)3-2-4-10(13)14(18)16(7-8-17)15(11)19;2*15-11-5-4-10-12-8(11)2-1-3-9(12)13(18)16(6-7-17)14(10)19;2*13-9-5-4-8-10-6(9)2-1-3-7(10)11(14)16-12(8)15;;/h3-8H,1,9-10H2,2H3;2-6,17H,7-8H2,1H3;2*1-5,17H,6-7H2;2*1-5H;;1H2/q;;;;;;+1;/p-1. The number of methoxy groups -OCH3 is 2. The van der Waals surface area contributed by atoms with Gasteiger partial charge in [0.1, 0.15) is 18.1 Å².